The molecule has 0 bridgehead atoms. The standard InChI is InChI=1S/C16H19N3O2/c1-19-16(17)14(15(18-19)10-3-2-4-10)11-5-6-12-13(9-11)21-8-7-20-12/h5-6,9-10H,2-4,7-8,17H2,1H3. The van der Waals surface area contributed by atoms with Gasteiger partial charge in [-0.2, -0.15) is 5.10 Å². The van der Waals surface area contributed by atoms with E-state index in [1.54, 1.807) is 4.68 Å². The van der Waals surface area contributed by atoms with Crippen LogP contribution in [-0.2, 0) is 7.05 Å². The van der Waals surface area contributed by atoms with Crippen LogP contribution in [0.25, 0.3) is 11.1 Å². The molecule has 0 radical (unpaired) electrons. The number of nitrogen functional groups attached to an aromatic ring is 1. The summed E-state index contributed by atoms with van der Waals surface area (Å²) in [5.74, 6) is 2.85. The van der Waals surface area contributed by atoms with Crippen LogP contribution >= 0.6 is 0 Å². The van der Waals surface area contributed by atoms with E-state index < -0.39 is 0 Å². The van der Waals surface area contributed by atoms with Crippen molar-refractivity contribution in [3.8, 4) is 22.6 Å². The Morgan fingerprint density at radius 3 is 2.67 bits per heavy atom. The van der Waals surface area contributed by atoms with Crippen molar-refractivity contribution in [1.82, 2.24) is 9.78 Å². The highest BCUT2D eigenvalue weighted by Crippen LogP contribution is 2.44. The molecule has 5 nitrogen and oxygen atoms in total. The van der Waals surface area contributed by atoms with Gasteiger partial charge in [-0.25, -0.2) is 0 Å². The van der Waals surface area contributed by atoms with E-state index in [-0.39, 0.29) is 0 Å². The largest absolute Gasteiger partial charge is 0.486 e. The second-order valence-electron chi connectivity index (χ2n) is 5.76. The van der Waals surface area contributed by atoms with Crippen molar-refractivity contribution in [3.05, 3.63) is 23.9 Å². The lowest BCUT2D eigenvalue weighted by molar-refractivity contribution is 0.171. The van der Waals surface area contributed by atoms with E-state index in [2.05, 4.69) is 5.10 Å². The fourth-order valence-electron chi connectivity index (χ4n) is 3.02. The van der Waals surface area contributed by atoms with Gasteiger partial charge >= 0.3 is 0 Å². The minimum Gasteiger partial charge on any atom is -0.486 e. The Labute approximate surface area is 123 Å². The van der Waals surface area contributed by atoms with Crippen LogP contribution in [0.15, 0.2) is 18.2 Å². The molecule has 2 heterocycles. The maximum Gasteiger partial charge on any atom is 0.161 e. The first-order chi connectivity index (χ1) is 10.2. The highest BCUT2D eigenvalue weighted by molar-refractivity contribution is 5.79. The van der Waals surface area contributed by atoms with Crippen LogP contribution in [0.3, 0.4) is 0 Å². The molecule has 1 fully saturated rings. The fraction of sp³-hybridized carbons (Fsp3) is 0.438. The zero-order chi connectivity index (χ0) is 14.4. The topological polar surface area (TPSA) is 62.3 Å². The maximum absolute atomic E-state index is 6.26. The Balaban J connectivity index is 1.82. The van der Waals surface area contributed by atoms with Crippen molar-refractivity contribution in [2.45, 2.75) is 25.2 Å². The molecule has 2 aliphatic rings. The molecule has 2 N–H and O–H groups in total. The number of aromatic nitrogens is 2. The van der Waals surface area contributed by atoms with Gasteiger partial charge in [0.2, 0.25) is 0 Å². The molecule has 4 rings (SSSR count). The summed E-state index contributed by atoms with van der Waals surface area (Å²) in [7, 11) is 1.90. The van der Waals surface area contributed by atoms with Crippen LogP contribution in [0.4, 0.5) is 5.82 Å². The molecule has 1 aromatic heterocycles. The number of aryl methyl sites for hydroxylation is 1. The molecule has 1 aliphatic heterocycles. The van der Waals surface area contributed by atoms with Gasteiger partial charge in [-0.1, -0.05) is 12.5 Å². The number of fused-ring (bicyclic) bond motifs is 1. The minimum absolute atomic E-state index is 0.539. The second-order valence-corrected chi connectivity index (χ2v) is 5.76. The Morgan fingerprint density at radius 2 is 1.95 bits per heavy atom. The van der Waals surface area contributed by atoms with Crippen LogP contribution in [0.1, 0.15) is 30.9 Å². The number of benzene rings is 1. The minimum atomic E-state index is 0.539. The van der Waals surface area contributed by atoms with Gasteiger partial charge in [-0.3, -0.25) is 4.68 Å². The third kappa shape index (κ3) is 1.95. The molecule has 0 atom stereocenters. The molecule has 1 saturated carbocycles. The van der Waals surface area contributed by atoms with Crippen molar-refractivity contribution in [3.63, 3.8) is 0 Å². The molecule has 0 unspecified atom stereocenters. The summed E-state index contributed by atoms with van der Waals surface area (Å²) >= 11 is 0. The Hall–Kier alpha value is -2.17. The Morgan fingerprint density at radius 1 is 1.19 bits per heavy atom. The number of rotatable bonds is 2. The average molecular weight is 285 g/mol. The zero-order valence-corrected chi connectivity index (χ0v) is 12.1. The van der Waals surface area contributed by atoms with Crippen LogP contribution < -0.4 is 15.2 Å². The third-order valence-electron chi connectivity index (χ3n) is 4.44. The zero-order valence-electron chi connectivity index (χ0n) is 12.1. The van der Waals surface area contributed by atoms with Crippen LogP contribution in [0, 0.1) is 0 Å². The lowest BCUT2D eigenvalue weighted by Gasteiger charge is -2.25. The fourth-order valence-corrected chi connectivity index (χ4v) is 3.02. The van der Waals surface area contributed by atoms with Crippen molar-refractivity contribution in [1.29, 1.82) is 0 Å². The van der Waals surface area contributed by atoms with Crippen molar-refractivity contribution in [2.75, 3.05) is 18.9 Å². The number of ether oxygens (including phenoxy) is 2. The number of nitrogens with two attached hydrogens (primary N) is 1. The summed E-state index contributed by atoms with van der Waals surface area (Å²) in [6.45, 7) is 1.20. The van der Waals surface area contributed by atoms with Gasteiger partial charge in [0.05, 0.1) is 5.69 Å². The summed E-state index contributed by atoms with van der Waals surface area (Å²) < 4.78 is 13.0. The first kappa shape index (κ1) is 12.6. The molecule has 0 spiro atoms. The average Bonchev–Trinajstić information content (AvgIpc) is 2.72. The van der Waals surface area contributed by atoms with Gasteiger partial charge in [0.1, 0.15) is 19.0 Å². The van der Waals surface area contributed by atoms with Crippen LogP contribution in [0.5, 0.6) is 11.5 Å². The van der Waals surface area contributed by atoms with Gasteiger partial charge in [-0.05, 0) is 30.5 Å². The number of anilines is 1. The normalized spacial score (nSPS) is 17.6. The molecular weight excluding hydrogens is 266 g/mol. The monoisotopic (exact) mass is 285 g/mol. The van der Waals surface area contributed by atoms with E-state index in [1.165, 1.54) is 19.3 Å². The van der Waals surface area contributed by atoms with Gasteiger partial charge in [0.15, 0.2) is 11.5 Å². The van der Waals surface area contributed by atoms with Gasteiger partial charge in [0, 0.05) is 18.5 Å². The number of hydrogen-bond acceptors (Lipinski definition) is 4. The van der Waals surface area contributed by atoms with Crippen molar-refractivity contribution >= 4 is 5.82 Å². The summed E-state index contributed by atoms with van der Waals surface area (Å²) in [6, 6.07) is 6.02. The Kier molecular flexibility index (Phi) is 2.80. The maximum atomic E-state index is 6.26. The lowest BCUT2D eigenvalue weighted by atomic mass is 9.80. The third-order valence-corrected chi connectivity index (χ3v) is 4.44. The smallest absolute Gasteiger partial charge is 0.161 e. The summed E-state index contributed by atoms with van der Waals surface area (Å²) in [5, 5.41) is 4.64. The quantitative estimate of drug-likeness (QED) is 0.921. The molecule has 5 heteroatoms. The molecule has 2 aromatic rings. The molecule has 0 amide bonds. The summed E-state index contributed by atoms with van der Waals surface area (Å²) in [5.41, 5.74) is 9.50. The van der Waals surface area contributed by atoms with E-state index in [9.17, 15) is 0 Å². The van der Waals surface area contributed by atoms with E-state index >= 15 is 0 Å². The van der Waals surface area contributed by atoms with Crippen LogP contribution in [0.2, 0.25) is 0 Å². The molecule has 110 valence electrons. The predicted octanol–water partition coefficient (Wildman–Crippen LogP) is 2.71. The highest BCUT2D eigenvalue weighted by atomic mass is 16.6. The highest BCUT2D eigenvalue weighted by Gasteiger charge is 2.28. The molecule has 0 saturated heterocycles. The molecular formula is C16H19N3O2. The summed E-state index contributed by atoms with van der Waals surface area (Å²) in [4.78, 5) is 0. The van der Waals surface area contributed by atoms with Crippen molar-refractivity contribution in [2.24, 2.45) is 7.05 Å². The lowest BCUT2D eigenvalue weighted by Crippen LogP contribution is -2.15. The molecule has 1 aliphatic carbocycles. The summed E-state index contributed by atoms with van der Waals surface area (Å²) in [6.07, 6.45) is 3.68. The van der Waals surface area contributed by atoms with Gasteiger partial charge in [-0.15, -0.1) is 0 Å². The van der Waals surface area contributed by atoms with E-state index in [0.29, 0.717) is 24.9 Å². The van der Waals surface area contributed by atoms with Gasteiger partial charge in [0.25, 0.3) is 0 Å². The van der Waals surface area contributed by atoms with E-state index in [4.69, 9.17) is 15.2 Å². The van der Waals surface area contributed by atoms with Gasteiger partial charge < -0.3 is 15.2 Å². The Bertz CT molecular complexity index is 689. The number of hydrogen-bond donors (Lipinski definition) is 1. The van der Waals surface area contributed by atoms with E-state index in [0.717, 1.165) is 28.3 Å². The molecule has 21 heavy (non-hydrogen) atoms. The van der Waals surface area contributed by atoms with Crippen LogP contribution in [-0.4, -0.2) is 23.0 Å². The first-order valence-corrected chi connectivity index (χ1v) is 7.46. The van der Waals surface area contributed by atoms with E-state index in [1.807, 2.05) is 25.2 Å². The first-order valence-electron chi connectivity index (χ1n) is 7.46. The second kappa shape index (κ2) is 4.69. The number of nitrogens with zero attached hydrogens (tertiary/aromatic N) is 2. The van der Waals surface area contributed by atoms with Crippen molar-refractivity contribution < 1.29 is 9.47 Å². The predicted molar refractivity (Wildman–Crippen MR) is 80.6 cm³/mol. The SMILES string of the molecule is Cn1nc(C2CCC2)c(-c2ccc3c(c2)OCCO3)c1N. The molecule has 1 aromatic carbocycles.